The first-order valence-electron chi connectivity index (χ1n) is 5.42. The predicted octanol–water partition coefficient (Wildman–Crippen LogP) is 4.57. The number of rotatable bonds is 1. The Balaban J connectivity index is 2.38. The van der Waals surface area contributed by atoms with Crippen molar-refractivity contribution >= 4 is 45.8 Å². The van der Waals surface area contributed by atoms with Gasteiger partial charge in [0, 0.05) is 9.64 Å². The molecule has 2 aromatic carbocycles. The van der Waals surface area contributed by atoms with Crippen LogP contribution in [0.4, 0.5) is 8.78 Å². The largest absolute Gasteiger partial charge is 0.330 e. The topological polar surface area (TPSA) is 20.7 Å². The molecule has 0 aliphatic heterocycles. The highest BCUT2D eigenvalue weighted by atomic mass is 127. The number of halogens is 3. The Bertz CT molecular complexity index is 838. The van der Waals surface area contributed by atoms with Crippen LogP contribution in [0.15, 0.2) is 36.4 Å². The zero-order valence-corrected chi connectivity index (χ0v) is 12.4. The van der Waals surface area contributed by atoms with Crippen molar-refractivity contribution < 1.29 is 8.78 Å². The maximum Gasteiger partial charge on any atom is 0.182 e. The van der Waals surface area contributed by atoms with Crippen molar-refractivity contribution in [2.24, 2.45) is 0 Å². The van der Waals surface area contributed by atoms with E-state index in [1.54, 1.807) is 16.7 Å². The van der Waals surface area contributed by atoms with E-state index in [-0.39, 0.29) is 11.6 Å². The van der Waals surface area contributed by atoms with E-state index >= 15 is 0 Å². The minimum atomic E-state index is -0.340. The molecule has 0 amide bonds. The van der Waals surface area contributed by atoms with Crippen LogP contribution in [-0.2, 0) is 0 Å². The Kier molecular flexibility index (Phi) is 3.14. The average Bonchev–Trinajstić information content (AvgIpc) is 2.65. The molecule has 0 aliphatic rings. The molecule has 0 radical (unpaired) electrons. The number of nitrogens with one attached hydrogen (secondary N) is 1. The van der Waals surface area contributed by atoms with Crippen LogP contribution in [0.25, 0.3) is 16.7 Å². The number of hydrogen-bond donors (Lipinski definition) is 1. The van der Waals surface area contributed by atoms with E-state index in [9.17, 15) is 8.78 Å². The fraction of sp³-hybridized carbons (Fsp3) is 0. The van der Waals surface area contributed by atoms with Crippen molar-refractivity contribution in [3.63, 3.8) is 0 Å². The van der Waals surface area contributed by atoms with Gasteiger partial charge in [-0.3, -0.25) is 4.57 Å². The Morgan fingerprint density at radius 2 is 1.74 bits per heavy atom. The van der Waals surface area contributed by atoms with Gasteiger partial charge in [0.25, 0.3) is 0 Å². The van der Waals surface area contributed by atoms with Crippen LogP contribution in [-0.4, -0.2) is 9.55 Å². The van der Waals surface area contributed by atoms with Crippen LogP contribution in [0.1, 0.15) is 0 Å². The number of fused-ring (bicyclic) bond motifs is 1. The minimum absolute atomic E-state index is 0.314. The summed E-state index contributed by atoms with van der Waals surface area (Å²) in [7, 11) is 0. The average molecular weight is 388 g/mol. The SMILES string of the molecule is Fc1ccc(-n2c(=S)[nH]c3ccc(F)cc32)c(I)c1. The molecular formula is C13H7F2IN2S. The summed E-state index contributed by atoms with van der Waals surface area (Å²) in [5.74, 6) is -0.655. The van der Waals surface area contributed by atoms with E-state index in [1.807, 2.05) is 22.6 Å². The molecule has 3 aromatic rings. The number of aromatic amines is 1. The number of nitrogens with zero attached hydrogens (tertiary/aromatic N) is 1. The van der Waals surface area contributed by atoms with Crippen molar-refractivity contribution in [3.05, 3.63) is 56.4 Å². The van der Waals surface area contributed by atoms with E-state index in [2.05, 4.69) is 4.98 Å². The molecule has 1 aromatic heterocycles. The van der Waals surface area contributed by atoms with Gasteiger partial charge in [0.2, 0.25) is 0 Å². The molecule has 0 bridgehead atoms. The van der Waals surface area contributed by atoms with Crippen molar-refractivity contribution in [1.82, 2.24) is 9.55 Å². The maximum atomic E-state index is 13.4. The van der Waals surface area contributed by atoms with Crippen molar-refractivity contribution in [3.8, 4) is 5.69 Å². The van der Waals surface area contributed by atoms with Gasteiger partial charge in [0.05, 0.1) is 16.7 Å². The Morgan fingerprint density at radius 3 is 2.47 bits per heavy atom. The van der Waals surface area contributed by atoms with Gasteiger partial charge in [-0.15, -0.1) is 0 Å². The second-order valence-corrected chi connectivity index (χ2v) is 5.57. The van der Waals surface area contributed by atoms with Gasteiger partial charge in [0.15, 0.2) is 4.77 Å². The van der Waals surface area contributed by atoms with Crippen LogP contribution >= 0.6 is 34.8 Å². The first kappa shape index (κ1) is 12.7. The minimum Gasteiger partial charge on any atom is -0.330 e. The summed E-state index contributed by atoms with van der Waals surface area (Å²) in [6.45, 7) is 0. The van der Waals surface area contributed by atoms with E-state index in [4.69, 9.17) is 12.2 Å². The quantitative estimate of drug-likeness (QED) is 0.479. The lowest BCUT2D eigenvalue weighted by molar-refractivity contribution is 0.626. The molecular weight excluding hydrogens is 381 g/mol. The van der Waals surface area contributed by atoms with Crippen LogP contribution in [0.2, 0.25) is 0 Å². The van der Waals surface area contributed by atoms with E-state index < -0.39 is 0 Å². The van der Waals surface area contributed by atoms with Gasteiger partial charge in [-0.2, -0.15) is 0 Å². The molecule has 96 valence electrons. The van der Waals surface area contributed by atoms with Gasteiger partial charge < -0.3 is 4.98 Å². The highest BCUT2D eigenvalue weighted by Gasteiger charge is 2.10. The second kappa shape index (κ2) is 4.68. The summed E-state index contributed by atoms with van der Waals surface area (Å²) in [6.07, 6.45) is 0. The Hall–Kier alpha value is -1.28. The zero-order chi connectivity index (χ0) is 13.6. The normalized spacial score (nSPS) is 11.1. The first-order chi connectivity index (χ1) is 9.06. The molecule has 3 rings (SSSR count). The fourth-order valence-electron chi connectivity index (χ4n) is 1.98. The van der Waals surface area contributed by atoms with E-state index in [1.165, 1.54) is 24.3 Å². The molecule has 0 fully saturated rings. The Labute approximate surface area is 126 Å². The van der Waals surface area contributed by atoms with Crippen LogP contribution in [0.5, 0.6) is 0 Å². The molecule has 0 aliphatic carbocycles. The number of benzene rings is 2. The molecule has 0 unspecified atom stereocenters. The molecule has 2 nitrogen and oxygen atoms in total. The molecule has 0 saturated heterocycles. The zero-order valence-electron chi connectivity index (χ0n) is 9.45. The van der Waals surface area contributed by atoms with E-state index in [0.717, 1.165) is 11.2 Å². The monoisotopic (exact) mass is 388 g/mol. The highest BCUT2D eigenvalue weighted by Crippen LogP contribution is 2.24. The second-order valence-electron chi connectivity index (χ2n) is 4.02. The third-order valence-corrected chi connectivity index (χ3v) is 3.94. The highest BCUT2D eigenvalue weighted by molar-refractivity contribution is 14.1. The van der Waals surface area contributed by atoms with Crippen molar-refractivity contribution in [1.29, 1.82) is 0 Å². The number of imidazole rings is 1. The molecule has 0 spiro atoms. The Morgan fingerprint density at radius 1 is 1.05 bits per heavy atom. The fourth-order valence-corrected chi connectivity index (χ4v) is 3.00. The number of aromatic nitrogens is 2. The van der Waals surface area contributed by atoms with E-state index in [0.29, 0.717) is 13.9 Å². The van der Waals surface area contributed by atoms with Gasteiger partial charge in [0.1, 0.15) is 11.6 Å². The van der Waals surface area contributed by atoms with Gasteiger partial charge in [-0.05, 0) is 65.1 Å². The summed E-state index contributed by atoms with van der Waals surface area (Å²) in [5.41, 5.74) is 2.10. The lowest BCUT2D eigenvalue weighted by Crippen LogP contribution is -1.97. The molecule has 1 N–H and O–H groups in total. The van der Waals surface area contributed by atoms with Crippen molar-refractivity contribution in [2.45, 2.75) is 0 Å². The summed E-state index contributed by atoms with van der Waals surface area (Å²) in [4.78, 5) is 3.01. The third kappa shape index (κ3) is 2.18. The predicted molar refractivity (Wildman–Crippen MR) is 81.1 cm³/mol. The molecule has 1 heterocycles. The summed E-state index contributed by atoms with van der Waals surface area (Å²) >= 11 is 7.29. The number of hydrogen-bond acceptors (Lipinski definition) is 1. The summed E-state index contributed by atoms with van der Waals surface area (Å²) in [6, 6.07) is 8.81. The maximum absolute atomic E-state index is 13.4. The van der Waals surface area contributed by atoms with Gasteiger partial charge in [-0.1, -0.05) is 0 Å². The molecule has 6 heteroatoms. The smallest absolute Gasteiger partial charge is 0.182 e. The third-order valence-electron chi connectivity index (χ3n) is 2.80. The standard InChI is InChI=1S/C13H7F2IN2S/c14-7-2-4-11(9(16)5-7)18-12-6-8(15)1-3-10(12)17-13(18)19/h1-6H,(H,17,19). The summed E-state index contributed by atoms with van der Waals surface area (Å²) in [5, 5.41) is 0. The lowest BCUT2D eigenvalue weighted by atomic mass is 10.2. The van der Waals surface area contributed by atoms with Gasteiger partial charge >= 0.3 is 0 Å². The number of H-pyrrole nitrogens is 1. The lowest BCUT2D eigenvalue weighted by Gasteiger charge is -2.07. The summed E-state index contributed by atoms with van der Waals surface area (Å²) < 4.78 is 29.4. The van der Waals surface area contributed by atoms with Crippen LogP contribution in [0.3, 0.4) is 0 Å². The van der Waals surface area contributed by atoms with Crippen LogP contribution in [0, 0.1) is 20.0 Å². The van der Waals surface area contributed by atoms with Gasteiger partial charge in [-0.25, -0.2) is 8.78 Å². The van der Waals surface area contributed by atoms with Crippen LogP contribution < -0.4 is 0 Å². The molecule has 19 heavy (non-hydrogen) atoms. The first-order valence-corrected chi connectivity index (χ1v) is 6.90. The van der Waals surface area contributed by atoms with Crippen molar-refractivity contribution in [2.75, 3.05) is 0 Å². The molecule has 0 saturated carbocycles. The molecule has 0 atom stereocenters.